The molecule has 0 unspecified atom stereocenters. The highest BCUT2D eigenvalue weighted by molar-refractivity contribution is 14.1. The van der Waals surface area contributed by atoms with Gasteiger partial charge < -0.3 is 14.2 Å². The Hall–Kier alpha value is -2.66. The Kier molecular flexibility index (Phi) is 6.93. The second-order valence-electron chi connectivity index (χ2n) is 6.13. The molecule has 1 fully saturated rings. The molecule has 0 aromatic heterocycles. The number of amides is 2. The number of nitrogens with one attached hydrogen (secondary N) is 1. The molecule has 0 aliphatic carbocycles. The van der Waals surface area contributed by atoms with Crippen LogP contribution in [0.1, 0.15) is 12.5 Å². The fourth-order valence-corrected chi connectivity index (χ4v) is 4.09. The summed E-state index contributed by atoms with van der Waals surface area (Å²) in [6.07, 6.45) is 1.50. The van der Waals surface area contributed by atoms with Crippen molar-refractivity contribution in [2.75, 3.05) is 25.7 Å². The molecule has 0 spiro atoms. The molecule has 2 amide bonds. The van der Waals surface area contributed by atoms with Crippen LogP contribution in [0, 0.1) is 3.57 Å². The van der Waals surface area contributed by atoms with Gasteiger partial charge in [0.2, 0.25) is 0 Å². The summed E-state index contributed by atoms with van der Waals surface area (Å²) >= 11 is 7.35. The van der Waals surface area contributed by atoms with Gasteiger partial charge in [0, 0.05) is 6.07 Å². The Balaban J connectivity index is 2.03. The molecule has 1 aliphatic rings. The molecule has 2 aromatic rings. The summed E-state index contributed by atoms with van der Waals surface area (Å²) in [4.78, 5) is 27.0. The van der Waals surface area contributed by atoms with Gasteiger partial charge >= 0.3 is 0 Å². The number of halogens is 1. The van der Waals surface area contributed by atoms with Crippen molar-refractivity contribution in [3.8, 4) is 17.2 Å². The minimum Gasteiger partial charge on any atom is -0.494 e. The fraction of sp³-hybridized carbons (Fsp3) is 0.190. The predicted octanol–water partition coefficient (Wildman–Crippen LogP) is 3.54. The van der Waals surface area contributed by atoms with Crippen molar-refractivity contribution in [2.45, 2.75) is 6.92 Å². The van der Waals surface area contributed by atoms with E-state index < -0.39 is 11.8 Å². The molecule has 1 heterocycles. The molecule has 0 radical (unpaired) electrons. The SMILES string of the molecule is CCOc1cccc(N2C(=O)C(=Cc3cc(I)c(OC)c(OC)c3)C(=O)NC2=S)c1. The van der Waals surface area contributed by atoms with Crippen LogP contribution in [-0.4, -0.2) is 37.8 Å². The van der Waals surface area contributed by atoms with Gasteiger partial charge in [0.05, 0.1) is 30.1 Å². The van der Waals surface area contributed by atoms with Crippen LogP contribution in [0.15, 0.2) is 42.0 Å². The standard InChI is InChI=1S/C21H19IN2O5S/c1-4-29-14-7-5-6-13(11-14)24-20(26)15(19(25)23-21(24)30)8-12-9-16(22)18(28-3)17(10-12)27-2/h5-11H,4H2,1-3H3,(H,23,25,30). The monoisotopic (exact) mass is 538 g/mol. The molecular formula is C21H19IN2O5S. The number of benzene rings is 2. The number of carbonyl (C=O) groups excluding carboxylic acids is 2. The molecule has 3 rings (SSSR count). The number of anilines is 1. The minimum absolute atomic E-state index is 0.0118. The van der Waals surface area contributed by atoms with Crippen molar-refractivity contribution >= 4 is 63.5 Å². The van der Waals surface area contributed by atoms with Crippen LogP contribution in [0.25, 0.3) is 6.08 Å². The maximum absolute atomic E-state index is 13.2. The number of hydrogen-bond donors (Lipinski definition) is 1. The van der Waals surface area contributed by atoms with Gasteiger partial charge in [-0.25, -0.2) is 0 Å². The summed E-state index contributed by atoms with van der Waals surface area (Å²) in [5, 5.41) is 2.59. The highest BCUT2D eigenvalue weighted by Gasteiger charge is 2.34. The highest BCUT2D eigenvalue weighted by atomic mass is 127. The lowest BCUT2D eigenvalue weighted by Gasteiger charge is -2.29. The smallest absolute Gasteiger partial charge is 0.270 e. The molecule has 1 saturated heterocycles. The predicted molar refractivity (Wildman–Crippen MR) is 126 cm³/mol. The molecule has 2 aromatic carbocycles. The van der Waals surface area contributed by atoms with Crippen molar-refractivity contribution in [1.29, 1.82) is 0 Å². The minimum atomic E-state index is -0.563. The Morgan fingerprint density at radius 3 is 2.60 bits per heavy atom. The fourth-order valence-electron chi connectivity index (χ4n) is 2.96. The lowest BCUT2D eigenvalue weighted by atomic mass is 10.1. The van der Waals surface area contributed by atoms with E-state index in [1.165, 1.54) is 18.1 Å². The number of methoxy groups -OCH3 is 2. The third kappa shape index (κ3) is 4.41. The molecule has 7 nitrogen and oxygen atoms in total. The van der Waals surface area contributed by atoms with E-state index in [2.05, 4.69) is 27.9 Å². The summed E-state index contributed by atoms with van der Waals surface area (Å²) < 4.78 is 17.0. The number of carbonyl (C=O) groups is 2. The molecule has 0 saturated carbocycles. The first-order valence-corrected chi connectivity index (χ1v) is 10.4. The van der Waals surface area contributed by atoms with Gasteiger partial charge in [0.25, 0.3) is 11.8 Å². The van der Waals surface area contributed by atoms with Gasteiger partial charge in [-0.05, 0) is 77.6 Å². The summed E-state index contributed by atoms with van der Waals surface area (Å²) in [5.74, 6) is 0.587. The van der Waals surface area contributed by atoms with E-state index >= 15 is 0 Å². The molecule has 30 heavy (non-hydrogen) atoms. The van der Waals surface area contributed by atoms with Crippen molar-refractivity contribution in [3.05, 3.63) is 51.1 Å². The average molecular weight is 538 g/mol. The number of hydrogen-bond acceptors (Lipinski definition) is 6. The Bertz CT molecular complexity index is 1050. The van der Waals surface area contributed by atoms with Crippen LogP contribution in [0.3, 0.4) is 0 Å². The zero-order chi connectivity index (χ0) is 21.8. The molecule has 1 N–H and O–H groups in total. The van der Waals surface area contributed by atoms with Crippen LogP contribution >= 0.6 is 34.8 Å². The first-order chi connectivity index (χ1) is 14.4. The second kappa shape index (κ2) is 9.43. The summed E-state index contributed by atoms with van der Waals surface area (Å²) in [6, 6.07) is 10.4. The Morgan fingerprint density at radius 2 is 1.93 bits per heavy atom. The van der Waals surface area contributed by atoms with Crippen LogP contribution in [-0.2, 0) is 9.59 Å². The van der Waals surface area contributed by atoms with Crippen LogP contribution in [0.4, 0.5) is 5.69 Å². The quantitative estimate of drug-likeness (QED) is 0.263. The van der Waals surface area contributed by atoms with Gasteiger partial charge in [0.15, 0.2) is 16.6 Å². The molecule has 9 heteroatoms. The van der Waals surface area contributed by atoms with Crippen LogP contribution in [0.5, 0.6) is 17.2 Å². The topological polar surface area (TPSA) is 77.1 Å². The van der Waals surface area contributed by atoms with Crippen LogP contribution < -0.4 is 24.4 Å². The maximum Gasteiger partial charge on any atom is 0.270 e. The molecule has 0 atom stereocenters. The lowest BCUT2D eigenvalue weighted by Crippen LogP contribution is -2.54. The van der Waals surface area contributed by atoms with E-state index in [1.807, 2.05) is 6.92 Å². The maximum atomic E-state index is 13.2. The number of rotatable bonds is 6. The first-order valence-electron chi connectivity index (χ1n) is 8.95. The zero-order valence-electron chi connectivity index (χ0n) is 16.5. The average Bonchev–Trinajstić information content (AvgIpc) is 2.71. The second-order valence-corrected chi connectivity index (χ2v) is 7.68. The van der Waals surface area contributed by atoms with E-state index in [0.717, 1.165) is 3.57 Å². The van der Waals surface area contributed by atoms with E-state index in [0.29, 0.717) is 35.1 Å². The van der Waals surface area contributed by atoms with Gasteiger partial charge in [-0.3, -0.25) is 19.8 Å². The molecular weight excluding hydrogens is 519 g/mol. The van der Waals surface area contributed by atoms with Crippen LogP contribution in [0.2, 0.25) is 0 Å². The van der Waals surface area contributed by atoms with Gasteiger partial charge in [0.1, 0.15) is 11.3 Å². The third-order valence-electron chi connectivity index (χ3n) is 4.26. The summed E-state index contributed by atoms with van der Waals surface area (Å²) in [7, 11) is 3.07. The van der Waals surface area contributed by atoms with E-state index in [4.69, 9.17) is 26.4 Å². The van der Waals surface area contributed by atoms with Crippen molar-refractivity contribution in [3.63, 3.8) is 0 Å². The van der Waals surface area contributed by atoms with Gasteiger partial charge in [-0.1, -0.05) is 6.07 Å². The van der Waals surface area contributed by atoms with E-state index in [1.54, 1.807) is 43.5 Å². The highest BCUT2D eigenvalue weighted by Crippen LogP contribution is 2.34. The molecule has 0 bridgehead atoms. The first kappa shape index (κ1) is 22.0. The van der Waals surface area contributed by atoms with Crippen molar-refractivity contribution < 1.29 is 23.8 Å². The zero-order valence-corrected chi connectivity index (χ0v) is 19.5. The van der Waals surface area contributed by atoms with E-state index in [9.17, 15) is 9.59 Å². The molecule has 156 valence electrons. The Labute approximate surface area is 193 Å². The number of thiocarbonyl (C=S) groups is 1. The number of ether oxygens (including phenoxy) is 3. The summed E-state index contributed by atoms with van der Waals surface area (Å²) in [5.41, 5.74) is 1.07. The Morgan fingerprint density at radius 1 is 1.17 bits per heavy atom. The largest absolute Gasteiger partial charge is 0.494 e. The van der Waals surface area contributed by atoms with E-state index in [-0.39, 0.29) is 10.7 Å². The van der Waals surface area contributed by atoms with Gasteiger partial charge in [-0.15, -0.1) is 0 Å². The summed E-state index contributed by atoms with van der Waals surface area (Å²) in [6.45, 7) is 2.36. The lowest BCUT2D eigenvalue weighted by molar-refractivity contribution is -0.122. The third-order valence-corrected chi connectivity index (χ3v) is 5.34. The van der Waals surface area contributed by atoms with Gasteiger partial charge in [-0.2, -0.15) is 0 Å². The normalized spacial score (nSPS) is 15.3. The van der Waals surface area contributed by atoms with Crippen molar-refractivity contribution in [1.82, 2.24) is 5.32 Å². The molecule has 1 aliphatic heterocycles. The van der Waals surface area contributed by atoms with Crippen molar-refractivity contribution in [2.24, 2.45) is 0 Å². The number of nitrogens with zero attached hydrogens (tertiary/aromatic N) is 1.